The summed E-state index contributed by atoms with van der Waals surface area (Å²) in [4.78, 5) is 10.5. The minimum absolute atomic E-state index is 0.0741. The lowest BCUT2D eigenvalue weighted by molar-refractivity contribution is 0.0998. The van der Waals surface area contributed by atoms with Crippen molar-refractivity contribution in [2.75, 3.05) is 0 Å². The van der Waals surface area contributed by atoms with E-state index in [0.717, 1.165) is 0 Å². The Kier molecular flexibility index (Phi) is 4.57. The van der Waals surface area contributed by atoms with Crippen molar-refractivity contribution in [3.8, 4) is 17.2 Å². The fourth-order valence-corrected chi connectivity index (χ4v) is 1.15. The largest absolute Gasteiger partial charge is 0.507 e. The van der Waals surface area contributed by atoms with Crippen molar-refractivity contribution in [3.63, 3.8) is 0 Å². The summed E-state index contributed by atoms with van der Waals surface area (Å²) in [5, 5.41) is 26.3. The number of carbonyl (C=O) groups is 1. The number of para-hydroxylation sites is 3. The minimum Gasteiger partial charge on any atom is -0.507 e. The molecular weight excluding hydrogens is 234 g/mol. The first kappa shape index (κ1) is 13.4. The molecule has 0 fully saturated rings. The van der Waals surface area contributed by atoms with Crippen LogP contribution < -0.4 is 5.73 Å². The summed E-state index contributed by atoms with van der Waals surface area (Å²) in [5.41, 5.74) is 5.07. The van der Waals surface area contributed by atoms with Crippen molar-refractivity contribution < 1.29 is 20.1 Å². The molecule has 0 aliphatic carbocycles. The van der Waals surface area contributed by atoms with Gasteiger partial charge in [-0.25, -0.2) is 0 Å². The van der Waals surface area contributed by atoms with E-state index in [9.17, 15) is 4.79 Å². The van der Waals surface area contributed by atoms with Crippen LogP contribution in [0.1, 0.15) is 10.4 Å². The van der Waals surface area contributed by atoms with E-state index in [1.165, 1.54) is 24.3 Å². The lowest BCUT2D eigenvalue weighted by Crippen LogP contribution is -2.10. The van der Waals surface area contributed by atoms with Crippen molar-refractivity contribution in [3.05, 3.63) is 54.1 Å². The minimum atomic E-state index is -0.613. The molecule has 0 spiro atoms. The number of rotatable bonds is 1. The highest BCUT2D eigenvalue weighted by atomic mass is 16.3. The van der Waals surface area contributed by atoms with Gasteiger partial charge in [0.15, 0.2) is 11.5 Å². The highest BCUT2D eigenvalue weighted by molar-refractivity contribution is 5.95. The zero-order chi connectivity index (χ0) is 13.5. The molecule has 0 bridgehead atoms. The third-order valence-corrected chi connectivity index (χ3v) is 2.05. The van der Waals surface area contributed by atoms with Gasteiger partial charge in [-0.1, -0.05) is 24.3 Å². The Hall–Kier alpha value is -2.69. The number of hydrogen-bond acceptors (Lipinski definition) is 4. The van der Waals surface area contributed by atoms with E-state index in [1.807, 2.05) is 0 Å². The number of benzene rings is 2. The van der Waals surface area contributed by atoms with E-state index < -0.39 is 5.91 Å². The topological polar surface area (TPSA) is 104 Å². The molecule has 0 heterocycles. The molecule has 0 aliphatic rings. The van der Waals surface area contributed by atoms with Gasteiger partial charge >= 0.3 is 0 Å². The second-order valence-electron chi connectivity index (χ2n) is 3.37. The number of amides is 1. The van der Waals surface area contributed by atoms with Gasteiger partial charge in [0.05, 0.1) is 5.56 Å². The van der Waals surface area contributed by atoms with Gasteiger partial charge < -0.3 is 21.1 Å². The first-order valence-corrected chi connectivity index (χ1v) is 5.07. The lowest BCUT2D eigenvalue weighted by atomic mass is 10.2. The summed E-state index contributed by atoms with van der Waals surface area (Å²) < 4.78 is 0. The predicted octanol–water partition coefficient (Wildman–Crippen LogP) is 1.59. The zero-order valence-corrected chi connectivity index (χ0v) is 9.45. The van der Waals surface area contributed by atoms with Gasteiger partial charge in [0.25, 0.3) is 5.91 Å². The number of primary amides is 1. The Labute approximate surface area is 104 Å². The molecule has 1 amide bonds. The van der Waals surface area contributed by atoms with Gasteiger partial charge in [-0.05, 0) is 24.3 Å². The highest BCUT2D eigenvalue weighted by Crippen LogP contribution is 2.21. The Morgan fingerprint density at radius 3 is 1.44 bits per heavy atom. The van der Waals surface area contributed by atoms with Crippen LogP contribution in [0.2, 0.25) is 0 Å². The molecule has 0 atom stereocenters. The van der Waals surface area contributed by atoms with Crippen molar-refractivity contribution in [1.82, 2.24) is 0 Å². The number of hydrogen-bond donors (Lipinski definition) is 4. The smallest absolute Gasteiger partial charge is 0.252 e. The van der Waals surface area contributed by atoms with Crippen LogP contribution in [0.15, 0.2) is 48.5 Å². The molecule has 0 aromatic heterocycles. The number of nitrogens with two attached hydrogens (primary N) is 1. The Balaban J connectivity index is 0.000000184. The van der Waals surface area contributed by atoms with E-state index in [0.29, 0.717) is 0 Å². The summed E-state index contributed by atoms with van der Waals surface area (Å²) in [6.45, 7) is 0. The maximum absolute atomic E-state index is 10.5. The first-order chi connectivity index (χ1) is 8.52. The SMILES string of the molecule is NC(=O)c1ccccc1O.Oc1ccccc1O. The molecule has 0 saturated carbocycles. The molecule has 5 heteroatoms. The summed E-state index contributed by atoms with van der Waals surface area (Å²) in [5.74, 6) is -0.840. The van der Waals surface area contributed by atoms with Gasteiger partial charge in [-0.3, -0.25) is 4.79 Å². The van der Waals surface area contributed by atoms with Crippen molar-refractivity contribution in [2.45, 2.75) is 0 Å². The highest BCUT2D eigenvalue weighted by Gasteiger charge is 2.03. The van der Waals surface area contributed by atoms with Gasteiger partial charge in [-0.15, -0.1) is 0 Å². The number of aromatic hydroxyl groups is 3. The summed E-state index contributed by atoms with van der Waals surface area (Å²) in [6, 6.07) is 12.3. The molecule has 5 N–H and O–H groups in total. The molecule has 18 heavy (non-hydrogen) atoms. The molecule has 94 valence electrons. The standard InChI is InChI=1S/C7H7NO2.C6H6O2/c8-7(10)5-3-1-2-4-6(5)9;7-5-3-1-2-4-6(5)8/h1-4,9H,(H2,8,10);1-4,7-8H. The van der Waals surface area contributed by atoms with Gasteiger partial charge in [0.1, 0.15) is 5.75 Å². The van der Waals surface area contributed by atoms with E-state index in [2.05, 4.69) is 0 Å². The third kappa shape index (κ3) is 3.71. The Morgan fingerprint density at radius 2 is 1.17 bits per heavy atom. The fourth-order valence-electron chi connectivity index (χ4n) is 1.15. The first-order valence-electron chi connectivity index (χ1n) is 5.07. The molecule has 2 aromatic carbocycles. The molecule has 2 aromatic rings. The van der Waals surface area contributed by atoms with E-state index in [4.69, 9.17) is 21.1 Å². The van der Waals surface area contributed by atoms with Crippen LogP contribution in [-0.2, 0) is 0 Å². The van der Waals surface area contributed by atoms with Crippen LogP contribution >= 0.6 is 0 Å². The number of carbonyl (C=O) groups excluding carboxylic acids is 1. The molecule has 0 unspecified atom stereocenters. The lowest BCUT2D eigenvalue weighted by Gasteiger charge is -1.96. The average molecular weight is 247 g/mol. The van der Waals surface area contributed by atoms with Crippen molar-refractivity contribution in [1.29, 1.82) is 0 Å². The third-order valence-electron chi connectivity index (χ3n) is 2.05. The molecule has 0 aliphatic heterocycles. The van der Waals surface area contributed by atoms with Crippen LogP contribution in [0.5, 0.6) is 17.2 Å². The monoisotopic (exact) mass is 247 g/mol. The van der Waals surface area contributed by atoms with Crippen LogP contribution in [-0.4, -0.2) is 21.2 Å². The average Bonchev–Trinajstić information content (AvgIpc) is 2.34. The van der Waals surface area contributed by atoms with Crippen LogP contribution in [0, 0.1) is 0 Å². The van der Waals surface area contributed by atoms with Crippen LogP contribution in [0.3, 0.4) is 0 Å². The second kappa shape index (κ2) is 6.15. The van der Waals surface area contributed by atoms with E-state index in [1.54, 1.807) is 24.3 Å². The normalized spacial score (nSPS) is 9.11. The quantitative estimate of drug-likeness (QED) is 0.574. The molecule has 0 saturated heterocycles. The van der Waals surface area contributed by atoms with E-state index >= 15 is 0 Å². The summed E-state index contributed by atoms with van der Waals surface area (Å²) >= 11 is 0. The maximum atomic E-state index is 10.5. The summed E-state index contributed by atoms with van der Waals surface area (Å²) in [7, 11) is 0. The van der Waals surface area contributed by atoms with E-state index in [-0.39, 0.29) is 22.8 Å². The van der Waals surface area contributed by atoms with Gasteiger partial charge in [0.2, 0.25) is 0 Å². The van der Waals surface area contributed by atoms with Gasteiger partial charge in [0, 0.05) is 0 Å². The molecular formula is C13H13NO4. The second-order valence-corrected chi connectivity index (χ2v) is 3.37. The zero-order valence-electron chi connectivity index (χ0n) is 9.45. The van der Waals surface area contributed by atoms with Crippen LogP contribution in [0.25, 0.3) is 0 Å². The predicted molar refractivity (Wildman–Crippen MR) is 66.4 cm³/mol. The van der Waals surface area contributed by atoms with Crippen molar-refractivity contribution in [2.24, 2.45) is 5.73 Å². The Morgan fingerprint density at radius 1 is 0.778 bits per heavy atom. The van der Waals surface area contributed by atoms with Gasteiger partial charge in [-0.2, -0.15) is 0 Å². The molecule has 5 nitrogen and oxygen atoms in total. The summed E-state index contributed by atoms with van der Waals surface area (Å²) in [6.07, 6.45) is 0. The van der Waals surface area contributed by atoms with Crippen LogP contribution in [0.4, 0.5) is 0 Å². The molecule has 0 radical (unpaired) electrons. The Bertz CT molecular complexity index is 519. The molecule has 2 rings (SSSR count). The number of phenols is 3. The number of phenolic OH excluding ortho intramolecular Hbond substituents is 2. The fraction of sp³-hybridized carbons (Fsp3) is 0. The van der Waals surface area contributed by atoms with Crippen molar-refractivity contribution >= 4 is 5.91 Å². The maximum Gasteiger partial charge on any atom is 0.252 e.